The molecule has 0 N–H and O–H groups in total. The van der Waals surface area contributed by atoms with Crippen LogP contribution in [0, 0.1) is 0 Å². The van der Waals surface area contributed by atoms with Gasteiger partial charge in [0, 0.05) is 0 Å². The van der Waals surface area contributed by atoms with Crippen molar-refractivity contribution in [3.8, 4) is 0 Å². The van der Waals surface area contributed by atoms with Crippen molar-refractivity contribution in [1.29, 1.82) is 0 Å². The van der Waals surface area contributed by atoms with Crippen LogP contribution in [0.4, 0.5) is 43.7 Å². The van der Waals surface area contributed by atoms with Crippen LogP contribution >= 0.6 is 6.71 Å². The Kier molecular flexibility index (Phi) is 2.61. The second-order valence-electron chi connectivity index (χ2n) is 3.51. The first-order chi connectivity index (χ1) is 8.40. The van der Waals surface area contributed by atoms with E-state index in [0.717, 1.165) is 0 Å². The summed E-state index contributed by atoms with van der Waals surface area (Å²) in [7, 11) is 0. The zero-order valence-electron chi connectivity index (χ0n) is 8.36. The second-order valence-corrected chi connectivity index (χ2v) is 8.10. The summed E-state index contributed by atoms with van der Waals surface area (Å²) in [5.41, 5.74) is 0. The number of alkyl halides is 9. The quantitative estimate of drug-likeness (QED) is 0.383. The van der Waals surface area contributed by atoms with Gasteiger partial charge >= 0.3 is 98.7 Å². The molecular formula is C5F10O4P-. The first-order valence-corrected chi connectivity index (χ1v) is 6.38. The van der Waals surface area contributed by atoms with Gasteiger partial charge in [0.15, 0.2) is 0 Å². The fourth-order valence-corrected chi connectivity index (χ4v) is 3.64. The Morgan fingerprint density at radius 3 is 0.950 bits per heavy atom. The summed E-state index contributed by atoms with van der Waals surface area (Å²) in [6, 6.07) is 0. The monoisotopic (exact) mass is 345 g/mol. The molecule has 0 saturated carbocycles. The van der Waals surface area contributed by atoms with Gasteiger partial charge in [0.25, 0.3) is 0 Å². The van der Waals surface area contributed by atoms with Crippen LogP contribution in [0.15, 0.2) is 0 Å². The predicted molar refractivity (Wildman–Crippen MR) is 38.4 cm³/mol. The molecule has 0 aromatic rings. The van der Waals surface area contributed by atoms with Gasteiger partial charge in [0.1, 0.15) is 0 Å². The number of hydrogen-bond acceptors (Lipinski definition) is 4. The molecule has 1 saturated heterocycles. The fraction of sp³-hybridized carbons (Fsp3) is 0.600. The maximum absolute atomic E-state index is 14.0. The Morgan fingerprint density at radius 1 is 0.650 bits per heavy atom. The van der Waals surface area contributed by atoms with E-state index in [4.69, 9.17) is 0 Å². The van der Waals surface area contributed by atoms with Crippen LogP contribution in [-0.2, 0) is 18.6 Å². The van der Waals surface area contributed by atoms with Crippen LogP contribution < -0.4 is 0 Å². The molecule has 1 aliphatic heterocycles. The molecule has 15 heteroatoms. The van der Waals surface area contributed by atoms with E-state index in [1.807, 2.05) is 9.05 Å². The number of hydrogen-bond donors (Lipinski definition) is 0. The van der Waals surface area contributed by atoms with Gasteiger partial charge in [-0.15, -0.1) is 0 Å². The topological polar surface area (TPSA) is 52.6 Å². The van der Waals surface area contributed by atoms with Crippen molar-refractivity contribution in [1.82, 2.24) is 0 Å². The van der Waals surface area contributed by atoms with Crippen molar-refractivity contribution in [3.63, 3.8) is 0 Å². The number of rotatable bonds is 0. The van der Waals surface area contributed by atoms with E-state index in [-0.39, 0.29) is 0 Å². The van der Waals surface area contributed by atoms with Crippen molar-refractivity contribution >= 4 is 18.6 Å². The number of carbonyl (C=O) groups is 2. The average Bonchev–Trinajstić information content (AvgIpc) is 2.34. The van der Waals surface area contributed by atoms with Crippen molar-refractivity contribution in [2.45, 2.75) is 17.8 Å². The van der Waals surface area contributed by atoms with Crippen molar-refractivity contribution < 1.29 is 62.3 Å². The summed E-state index contributed by atoms with van der Waals surface area (Å²) in [5.74, 6) is -30.6. The van der Waals surface area contributed by atoms with Crippen molar-refractivity contribution in [3.05, 3.63) is 0 Å². The van der Waals surface area contributed by atoms with Gasteiger partial charge in [-0.2, -0.15) is 0 Å². The standard InChI is InChI=1S/C5F10O4P/c6-3(7,8)20(15,4(9,10)11,5(12,13)14)18-1(16)2(17)19-20/q-1. The molecule has 4 nitrogen and oxygen atoms in total. The van der Waals surface area contributed by atoms with E-state index in [2.05, 4.69) is 0 Å². The Balaban J connectivity index is 4.14. The average molecular weight is 345 g/mol. The molecule has 0 aromatic heterocycles. The van der Waals surface area contributed by atoms with Gasteiger partial charge in [-0.05, 0) is 0 Å². The van der Waals surface area contributed by atoms with Gasteiger partial charge in [-0.3, -0.25) is 0 Å². The van der Waals surface area contributed by atoms with Gasteiger partial charge in [0.2, 0.25) is 0 Å². The zero-order chi connectivity index (χ0) is 16.5. The molecule has 0 amide bonds. The van der Waals surface area contributed by atoms with E-state index < -0.39 is 36.4 Å². The van der Waals surface area contributed by atoms with Crippen LogP contribution in [0.2, 0.25) is 0 Å². The second kappa shape index (κ2) is 3.12. The first-order valence-electron chi connectivity index (χ1n) is 3.97. The fourth-order valence-electron chi connectivity index (χ4n) is 1.21. The number of carbonyl (C=O) groups excluding carboxylic acids is 2. The molecule has 0 aliphatic carbocycles. The molecular weight excluding hydrogens is 345 g/mol. The molecule has 0 atom stereocenters. The zero-order valence-corrected chi connectivity index (χ0v) is 9.25. The molecule has 0 spiro atoms. The minimum absolute atomic E-state index is 2.01. The molecule has 1 aliphatic rings. The van der Waals surface area contributed by atoms with E-state index in [1.54, 1.807) is 0 Å². The summed E-state index contributed by atoms with van der Waals surface area (Å²) in [6.07, 6.45) is 0. The van der Waals surface area contributed by atoms with Crippen molar-refractivity contribution in [2.24, 2.45) is 0 Å². The third-order valence-electron chi connectivity index (χ3n) is 2.42. The molecule has 120 valence electrons. The van der Waals surface area contributed by atoms with Crippen LogP contribution in [0.5, 0.6) is 0 Å². The summed E-state index contributed by atoms with van der Waals surface area (Å²) >= 11 is 0. The Bertz CT molecular complexity index is 450. The Morgan fingerprint density at radius 2 is 0.850 bits per heavy atom. The minimum atomic E-state index is -11.9. The SMILES string of the molecule is O=C1O[P-](F)(C(F)(F)F)(C(F)(F)F)(C(F)(F)F)OC1=O. The van der Waals surface area contributed by atoms with Gasteiger partial charge < -0.3 is 0 Å². The van der Waals surface area contributed by atoms with Crippen molar-refractivity contribution in [2.75, 3.05) is 0 Å². The predicted octanol–water partition coefficient (Wildman–Crippen LogP) is 3.45. The molecule has 1 heterocycles. The maximum atomic E-state index is 14.0. The van der Waals surface area contributed by atoms with Crippen LogP contribution in [0.3, 0.4) is 0 Å². The summed E-state index contributed by atoms with van der Waals surface area (Å²) in [6.45, 7) is -11.9. The van der Waals surface area contributed by atoms with E-state index >= 15 is 0 Å². The summed E-state index contributed by atoms with van der Waals surface area (Å²) < 4.78 is 130. The molecule has 0 unspecified atom stereocenters. The molecule has 0 aromatic carbocycles. The number of halogens is 10. The van der Waals surface area contributed by atoms with Gasteiger partial charge in [-0.25, -0.2) is 0 Å². The van der Waals surface area contributed by atoms with Crippen LogP contribution in [0.25, 0.3) is 0 Å². The first kappa shape index (κ1) is 16.7. The molecule has 1 rings (SSSR count). The molecule has 0 bridgehead atoms. The van der Waals surface area contributed by atoms with Crippen LogP contribution in [-0.4, -0.2) is 29.7 Å². The van der Waals surface area contributed by atoms with E-state index in [1.165, 1.54) is 0 Å². The normalized spacial score (nSPS) is 28.5. The van der Waals surface area contributed by atoms with Gasteiger partial charge in [-0.1, -0.05) is 0 Å². The summed E-state index contributed by atoms with van der Waals surface area (Å²) in [4.78, 5) is 20.7. The molecule has 20 heavy (non-hydrogen) atoms. The van der Waals surface area contributed by atoms with Gasteiger partial charge in [0.05, 0.1) is 0 Å². The Labute approximate surface area is 99.9 Å². The third-order valence-corrected chi connectivity index (χ3v) is 6.92. The molecule has 0 radical (unpaired) electrons. The van der Waals surface area contributed by atoms with Crippen LogP contribution in [0.1, 0.15) is 0 Å². The van der Waals surface area contributed by atoms with E-state index in [0.29, 0.717) is 0 Å². The summed E-state index contributed by atoms with van der Waals surface area (Å²) in [5, 5.41) is 0. The molecule has 1 fully saturated rings. The Hall–Kier alpha value is -1.33. The van der Waals surface area contributed by atoms with E-state index in [9.17, 15) is 53.3 Å². The third kappa shape index (κ3) is 1.08.